The average Bonchev–Trinajstić information content (AvgIpc) is 3.09. The van der Waals surface area contributed by atoms with Crippen LogP contribution in [0.4, 0.5) is 4.39 Å². The first-order valence-electron chi connectivity index (χ1n) is 8.47. The Hall–Kier alpha value is -2.21. The molecule has 0 aromatic carbocycles. The van der Waals surface area contributed by atoms with E-state index in [0.29, 0.717) is 17.7 Å². The number of hydrogen-bond acceptors (Lipinski definition) is 3. The quantitative estimate of drug-likeness (QED) is 0.851. The van der Waals surface area contributed by atoms with Gasteiger partial charge in [0.05, 0.1) is 0 Å². The monoisotopic (exact) mass is 328 g/mol. The van der Waals surface area contributed by atoms with Crippen molar-refractivity contribution in [2.24, 2.45) is 5.92 Å². The number of nitrogens with one attached hydrogen (secondary N) is 2. The summed E-state index contributed by atoms with van der Waals surface area (Å²) in [6, 6.07) is 7.14. The van der Waals surface area contributed by atoms with E-state index < -0.39 is 5.95 Å². The number of rotatable bonds is 3. The normalized spacial score (nSPS) is 28.8. The van der Waals surface area contributed by atoms with Gasteiger partial charge in [-0.3, -0.25) is 9.69 Å². The maximum atomic E-state index is 12.9. The van der Waals surface area contributed by atoms with Crippen molar-refractivity contribution in [2.45, 2.75) is 31.8 Å². The van der Waals surface area contributed by atoms with Crippen molar-refractivity contribution < 1.29 is 9.18 Å². The maximum Gasteiger partial charge on any atom is 0.267 e. The van der Waals surface area contributed by atoms with Crippen molar-refractivity contribution in [1.29, 1.82) is 0 Å². The lowest BCUT2D eigenvalue weighted by molar-refractivity contribution is 0.0216. The van der Waals surface area contributed by atoms with Crippen molar-refractivity contribution in [3.8, 4) is 11.3 Å². The van der Waals surface area contributed by atoms with Crippen molar-refractivity contribution in [1.82, 2.24) is 20.2 Å². The van der Waals surface area contributed by atoms with E-state index in [-0.39, 0.29) is 11.9 Å². The molecule has 3 aliphatic rings. The number of carbonyl (C=O) groups excluding carboxylic acids is 1. The first-order valence-corrected chi connectivity index (χ1v) is 8.47. The van der Waals surface area contributed by atoms with Gasteiger partial charge in [-0.2, -0.15) is 4.39 Å². The van der Waals surface area contributed by atoms with Crippen LogP contribution >= 0.6 is 0 Å². The minimum Gasteiger partial charge on any atom is -0.351 e. The topological polar surface area (TPSA) is 61.0 Å². The average molecular weight is 328 g/mol. The van der Waals surface area contributed by atoms with Gasteiger partial charge in [-0.1, -0.05) is 0 Å². The Kier molecular flexibility index (Phi) is 3.84. The molecule has 2 aromatic heterocycles. The summed E-state index contributed by atoms with van der Waals surface area (Å²) in [5, 5.41) is 3.20. The highest BCUT2D eigenvalue weighted by molar-refractivity contribution is 5.93. The van der Waals surface area contributed by atoms with E-state index in [4.69, 9.17) is 0 Å². The Labute approximate surface area is 140 Å². The molecule has 2 atom stereocenters. The molecule has 1 amide bonds. The summed E-state index contributed by atoms with van der Waals surface area (Å²) in [6.45, 7) is 4.48. The highest BCUT2D eigenvalue weighted by atomic mass is 19.1. The molecule has 0 radical (unpaired) electrons. The third-order valence-corrected chi connectivity index (χ3v) is 5.44. The molecule has 0 spiro atoms. The minimum atomic E-state index is -0.514. The van der Waals surface area contributed by atoms with Gasteiger partial charge in [-0.05, 0) is 63.0 Å². The van der Waals surface area contributed by atoms with Gasteiger partial charge in [0, 0.05) is 29.5 Å². The molecule has 5 rings (SSSR count). The molecule has 5 heterocycles. The summed E-state index contributed by atoms with van der Waals surface area (Å²) in [5.41, 5.74) is 2.04. The fourth-order valence-electron chi connectivity index (χ4n) is 4.01. The summed E-state index contributed by atoms with van der Waals surface area (Å²) in [4.78, 5) is 21.8. The zero-order valence-electron chi connectivity index (χ0n) is 13.6. The lowest BCUT2D eigenvalue weighted by Gasteiger charge is -2.49. The first kappa shape index (κ1) is 15.3. The molecule has 3 fully saturated rings. The van der Waals surface area contributed by atoms with Crippen LogP contribution in [0.25, 0.3) is 11.3 Å². The second-order valence-electron chi connectivity index (χ2n) is 6.77. The van der Waals surface area contributed by atoms with Gasteiger partial charge in [0.25, 0.3) is 5.91 Å². The molecule has 126 valence electrons. The third kappa shape index (κ3) is 2.71. The van der Waals surface area contributed by atoms with Crippen LogP contribution < -0.4 is 5.32 Å². The standard InChI is InChI=1S/C18H21FN4O/c1-11-17(12-6-8-23(11)9-7-12)22-18(24)15-4-3-14(21-15)13-2-5-16(19)20-10-13/h2-5,10-12,17,21H,6-9H2,1H3,(H,22,24)/t11-,17-/m0/s1. The maximum absolute atomic E-state index is 12.9. The van der Waals surface area contributed by atoms with Crippen molar-refractivity contribution in [3.63, 3.8) is 0 Å². The molecular formula is C18H21FN4O. The van der Waals surface area contributed by atoms with Crippen molar-refractivity contribution >= 4 is 5.91 Å². The van der Waals surface area contributed by atoms with E-state index in [1.165, 1.54) is 12.3 Å². The molecule has 0 saturated carbocycles. The van der Waals surface area contributed by atoms with E-state index in [9.17, 15) is 9.18 Å². The molecular weight excluding hydrogens is 307 g/mol. The molecule has 3 aliphatic heterocycles. The molecule has 6 heteroatoms. The number of aromatic nitrogens is 2. The predicted molar refractivity (Wildman–Crippen MR) is 89.0 cm³/mol. The van der Waals surface area contributed by atoms with Crippen molar-refractivity contribution in [2.75, 3.05) is 13.1 Å². The number of H-pyrrole nitrogens is 1. The third-order valence-electron chi connectivity index (χ3n) is 5.44. The van der Waals surface area contributed by atoms with Gasteiger partial charge in [0.2, 0.25) is 5.95 Å². The Morgan fingerprint density at radius 3 is 2.75 bits per heavy atom. The fraction of sp³-hybridized carbons (Fsp3) is 0.444. The number of hydrogen-bond donors (Lipinski definition) is 2. The molecule has 24 heavy (non-hydrogen) atoms. The molecule has 3 saturated heterocycles. The number of piperidine rings is 3. The Morgan fingerprint density at radius 1 is 1.29 bits per heavy atom. The van der Waals surface area contributed by atoms with Crippen LogP contribution in [-0.2, 0) is 0 Å². The molecule has 0 unspecified atom stereocenters. The highest BCUT2D eigenvalue weighted by Crippen LogP contribution is 2.32. The largest absolute Gasteiger partial charge is 0.351 e. The number of nitrogens with zero attached hydrogens (tertiary/aromatic N) is 2. The lowest BCUT2D eigenvalue weighted by Crippen LogP contribution is -2.62. The second-order valence-corrected chi connectivity index (χ2v) is 6.77. The van der Waals surface area contributed by atoms with Crippen LogP contribution in [0.1, 0.15) is 30.3 Å². The van der Waals surface area contributed by atoms with Gasteiger partial charge in [-0.25, -0.2) is 4.98 Å². The highest BCUT2D eigenvalue weighted by Gasteiger charge is 2.40. The van der Waals surface area contributed by atoms with Crippen LogP contribution in [0.15, 0.2) is 30.5 Å². The molecule has 2 bridgehead atoms. The van der Waals surface area contributed by atoms with E-state index in [1.807, 2.05) is 6.07 Å². The minimum absolute atomic E-state index is 0.0816. The summed E-state index contributed by atoms with van der Waals surface area (Å²) in [7, 11) is 0. The number of aromatic amines is 1. The number of amides is 1. The summed E-state index contributed by atoms with van der Waals surface area (Å²) in [5.74, 6) is -0.0220. The second kappa shape index (κ2) is 6.02. The van der Waals surface area contributed by atoms with Gasteiger partial charge in [0.15, 0.2) is 0 Å². The van der Waals surface area contributed by atoms with Gasteiger partial charge in [-0.15, -0.1) is 0 Å². The van der Waals surface area contributed by atoms with E-state index in [1.54, 1.807) is 12.1 Å². The Balaban J connectivity index is 1.48. The first-order chi connectivity index (χ1) is 11.6. The summed E-state index contributed by atoms with van der Waals surface area (Å²) in [6.07, 6.45) is 3.78. The van der Waals surface area contributed by atoms with Crippen LogP contribution in [0.5, 0.6) is 0 Å². The predicted octanol–water partition coefficient (Wildman–Crippen LogP) is 2.43. The van der Waals surface area contributed by atoms with Crippen LogP contribution in [0.3, 0.4) is 0 Å². The summed E-state index contributed by atoms with van der Waals surface area (Å²) >= 11 is 0. The molecule has 5 nitrogen and oxygen atoms in total. The van der Waals surface area contributed by atoms with Crippen LogP contribution in [0.2, 0.25) is 0 Å². The van der Waals surface area contributed by atoms with E-state index >= 15 is 0 Å². The smallest absolute Gasteiger partial charge is 0.267 e. The fourth-order valence-corrected chi connectivity index (χ4v) is 4.01. The molecule has 2 N–H and O–H groups in total. The van der Waals surface area contributed by atoms with Gasteiger partial charge in [0.1, 0.15) is 5.69 Å². The summed E-state index contributed by atoms with van der Waals surface area (Å²) < 4.78 is 12.9. The van der Waals surface area contributed by atoms with E-state index in [0.717, 1.165) is 37.2 Å². The Morgan fingerprint density at radius 2 is 2.08 bits per heavy atom. The molecule has 0 aliphatic carbocycles. The lowest BCUT2D eigenvalue weighted by atomic mass is 9.79. The number of carbonyl (C=O) groups is 1. The number of fused-ring (bicyclic) bond motifs is 3. The number of pyridine rings is 1. The van der Waals surface area contributed by atoms with E-state index in [2.05, 4.69) is 27.1 Å². The Bertz CT molecular complexity index is 732. The SMILES string of the molecule is C[C@H]1[C@H](NC(=O)c2ccc(-c3ccc(F)nc3)[nH]2)C2CCN1CC2. The zero-order chi connectivity index (χ0) is 16.7. The van der Waals surface area contributed by atoms with Crippen LogP contribution in [0, 0.1) is 11.9 Å². The zero-order valence-corrected chi connectivity index (χ0v) is 13.6. The van der Waals surface area contributed by atoms with Crippen LogP contribution in [-0.4, -0.2) is 45.9 Å². The number of halogens is 1. The van der Waals surface area contributed by atoms with Crippen molar-refractivity contribution in [3.05, 3.63) is 42.1 Å². The molecule has 2 aromatic rings. The van der Waals surface area contributed by atoms with Gasteiger partial charge < -0.3 is 10.3 Å². The van der Waals surface area contributed by atoms with Gasteiger partial charge >= 0.3 is 0 Å².